The molecule has 68 valence electrons. The molecule has 0 aromatic heterocycles. The lowest BCUT2D eigenvalue weighted by Gasteiger charge is -2.10. The highest BCUT2D eigenvalue weighted by atomic mass is 16.5. The van der Waals surface area contributed by atoms with Gasteiger partial charge in [0, 0.05) is 12.8 Å². The zero-order valence-corrected chi connectivity index (χ0v) is 7.91. The Balaban J connectivity index is 3.93. The Morgan fingerprint density at radius 1 is 1.50 bits per heavy atom. The number of ether oxygens (including phenoxy) is 1. The molecule has 0 fully saturated rings. The second-order valence-corrected chi connectivity index (χ2v) is 3.00. The molecule has 0 spiro atoms. The summed E-state index contributed by atoms with van der Waals surface area (Å²) in [5, 5.41) is 0. The van der Waals surface area contributed by atoms with Gasteiger partial charge in [-0.1, -0.05) is 19.9 Å². The van der Waals surface area contributed by atoms with Gasteiger partial charge in [-0.25, -0.2) is 0 Å². The number of carbonyl (C=O) groups excluding carboxylic acids is 1. The lowest BCUT2D eigenvalue weighted by molar-refractivity contribution is -0.135. The Kier molecular flexibility index (Phi) is 5.09. The molecule has 0 aromatic rings. The summed E-state index contributed by atoms with van der Waals surface area (Å²) in [7, 11) is 0. The molecule has 2 heteroatoms. The van der Waals surface area contributed by atoms with E-state index >= 15 is 0 Å². The maximum absolute atomic E-state index is 10.4. The summed E-state index contributed by atoms with van der Waals surface area (Å²) in [6, 6.07) is 0. The first kappa shape index (κ1) is 11.0. The van der Waals surface area contributed by atoms with Gasteiger partial charge in [-0.15, -0.1) is 6.58 Å². The van der Waals surface area contributed by atoms with Crippen LogP contribution in [0.1, 0.15) is 20.8 Å². The molecule has 0 amide bonds. The van der Waals surface area contributed by atoms with E-state index in [1.807, 2.05) is 12.2 Å². The highest BCUT2D eigenvalue weighted by molar-refractivity contribution is 5.66. The van der Waals surface area contributed by atoms with Crippen LogP contribution in [-0.4, -0.2) is 5.97 Å². The van der Waals surface area contributed by atoms with E-state index in [9.17, 15) is 4.79 Å². The normalized spacial score (nSPS) is 13.3. The van der Waals surface area contributed by atoms with Gasteiger partial charge in [0.2, 0.25) is 0 Å². The van der Waals surface area contributed by atoms with Crippen LogP contribution in [0.25, 0.3) is 0 Å². The Morgan fingerprint density at radius 3 is 2.42 bits per heavy atom. The molecule has 0 saturated heterocycles. The summed E-state index contributed by atoms with van der Waals surface area (Å²) in [6.45, 7) is 9.24. The summed E-state index contributed by atoms with van der Waals surface area (Å²) in [5.74, 6) is 0.455. The maximum atomic E-state index is 10.4. The Labute approximate surface area is 73.9 Å². The van der Waals surface area contributed by atoms with Gasteiger partial charge in [-0.2, -0.15) is 0 Å². The predicted octanol–water partition coefficient (Wildman–Crippen LogP) is 2.52. The van der Waals surface area contributed by atoms with Crippen molar-refractivity contribution in [3.63, 3.8) is 0 Å². The van der Waals surface area contributed by atoms with E-state index in [0.29, 0.717) is 5.92 Å². The number of hydrogen-bond acceptors (Lipinski definition) is 2. The fourth-order valence-electron chi connectivity index (χ4n) is 0.799. The van der Waals surface area contributed by atoms with Crippen molar-refractivity contribution in [2.45, 2.75) is 20.8 Å². The van der Waals surface area contributed by atoms with Crippen LogP contribution in [0.4, 0.5) is 0 Å². The van der Waals surface area contributed by atoms with Crippen LogP contribution in [0, 0.1) is 11.8 Å². The summed E-state index contributed by atoms with van der Waals surface area (Å²) >= 11 is 0. The summed E-state index contributed by atoms with van der Waals surface area (Å²) in [6.07, 6.45) is 5.10. The van der Waals surface area contributed by atoms with Crippen molar-refractivity contribution in [3.05, 3.63) is 25.0 Å². The van der Waals surface area contributed by atoms with Gasteiger partial charge in [0.05, 0.1) is 6.26 Å². The molecule has 12 heavy (non-hydrogen) atoms. The molecule has 1 atom stereocenters. The molecule has 0 saturated carbocycles. The molecule has 0 aliphatic rings. The lowest BCUT2D eigenvalue weighted by Crippen LogP contribution is -2.01. The van der Waals surface area contributed by atoms with Gasteiger partial charge in [0.25, 0.3) is 0 Å². The molecule has 0 heterocycles. The SMILES string of the molecule is C=CC(/C=C/OC(C)=O)C(C)C. The highest BCUT2D eigenvalue weighted by Gasteiger charge is 2.03. The minimum Gasteiger partial charge on any atom is -0.435 e. The second kappa shape index (κ2) is 5.58. The van der Waals surface area contributed by atoms with Crippen LogP contribution in [0.2, 0.25) is 0 Å². The molecule has 0 aromatic carbocycles. The quantitative estimate of drug-likeness (QED) is 0.366. The third-order valence-electron chi connectivity index (χ3n) is 1.58. The predicted molar refractivity (Wildman–Crippen MR) is 49.4 cm³/mol. The average molecular weight is 168 g/mol. The number of hydrogen-bond donors (Lipinski definition) is 0. The average Bonchev–Trinajstić information content (AvgIpc) is 1.96. The molecule has 0 radical (unpaired) electrons. The molecule has 1 unspecified atom stereocenters. The van der Waals surface area contributed by atoms with Crippen LogP contribution in [0.5, 0.6) is 0 Å². The largest absolute Gasteiger partial charge is 0.435 e. The van der Waals surface area contributed by atoms with Crippen LogP contribution < -0.4 is 0 Å². The van der Waals surface area contributed by atoms with Gasteiger partial charge in [0.1, 0.15) is 0 Å². The van der Waals surface area contributed by atoms with E-state index in [1.54, 1.807) is 0 Å². The third kappa shape index (κ3) is 4.72. The van der Waals surface area contributed by atoms with Gasteiger partial charge in [0.15, 0.2) is 0 Å². The molecular weight excluding hydrogens is 152 g/mol. The minimum atomic E-state index is -0.294. The van der Waals surface area contributed by atoms with Crippen molar-refractivity contribution in [2.75, 3.05) is 0 Å². The smallest absolute Gasteiger partial charge is 0.307 e. The van der Waals surface area contributed by atoms with Crippen LogP contribution in [0.3, 0.4) is 0 Å². The second-order valence-electron chi connectivity index (χ2n) is 3.00. The minimum absolute atomic E-state index is 0.268. The maximum Gasteiger partial charge on any atom is 0.307 e. The molecule has 0 bridgehead atoms. The van der Waals surface area contributed by atoms with E-state index in [4.69, 9.17) is 0 Å². The van der Waals surface area contributed by atoms with E-state index in [-0.39, 0.29) is 11.9 Å². The first-order valence-electron chi connectivity index (χ1n) is 4.04. The van der Waals surface area contributed by atoms with Gasteiger partial charge >= 0.3 is 5.97 Å². The fraction of sp³-hybridized carbons (Fsp3) is 0.500. The van der Waals surface area contributed by atoms with E-state index < -0.39 is 0 Å². The van der Waals surface area contributed by atoms with E-state index in [1.165, 1.54) is 13.2 Å². The first-order chi connectivity index (χ1) is 5.57. The highest BCUT2D eigenvalue weighted by Crippen LogP contribution is 2.12. The van der Waals surface area contributed by atoms with Crippen molar-refractivity contribution in [2.24, 2.45) is 11.8 Å². The number of rotatable bonds is 4. The van der Waals surface area contributed by atoms with Crippen molar-refractivity contribution in [1.29, 1.82) is 0 Å². The van der Waals surface area contributed by atoms with Crippen molar-refractivity contribution in [1.82, 2.24) is 0 Å². The summed E-state index contributed by atoms with van der Waals surface area (Å²) in [4.78, 5) is 10.4. The standard InChI is InChI=1S/C10H16O2/c1-5-10(8(2)3)6-7-12-9(4)11/h5-8,10H,1H2,2-4H3/b7-6+. The van der Waals surface area contributed by atoms with E-state index in [0.717, 1.165) is 0 Å². The molecule has 0 rings (SSSR count). The summed E-state index contributed by atoms with van der Waals surface area (Å²) in [5.41, 5.74) is 0. The van der Waals surface area contributed by atoms with Crippen LogP contribution >= 0.6 is 0 Å². The van der Waals surface area contributed by atoms with E-state index in [2.05, 4.69) is 25.2 Å². The Hall–Kier alpha value is -1.05. The summed E-state index contributed by atoms with van der Waals surface area (Å²) < 4.78 is 4.66. The Bertz CT molecular complexity index is 180. The van der Waals surface area contributed by atoms with Crippen molar-refractivity contribution in [3.8, 4) is 0 Å². The lowest BCUT2D eigenvalue weighted by atomic mass is 9.96. The fourth-order valence-corrected chi connectivity index (χ4v) is 0.799. The number of carbonyl (C=O) groups is 1. The van der Waals surface area contributed by atoms with Gasteiger partial charge < -0.3 is 4.74 Å². The molecule has 0 aliphatic heterocycles. The Morgan fingerprint density at radius 2 is 2.08 bits per heavy atom. The zero-order chi connectivity index (χ0) is 9.56. The molecule has 2 nitrogen and oxygen atoms in total. The number of allylic oxidation sites excluding steroid dienone is 2. The molecule has 0 N–H and O–H groups in total. The number of esters is 1. The topological polar surface area (TPSA) is 26.3 Å². The first-order valence-corrected chi connectivity index (χ1v) is 4.04. The zero-order valence-electron chi connectivity index (χ0n) is 7.91. The monoisotopic (exact) mass is 168 g/mol. The van der Waals surface area contributed by atoms with Gasteiger partial charge in [-0.3, -0.25) is 4.79 Å². The third-order valence-corrected chi connectivity index (χ3v) is 1.58. The molecule has 0 aliphatic carbocycles. The van der Waals surface area contributed by atoms with Gasteiger partial charge in [-0.05, 0) is 12.0 Å². The molecular formula is C10H16O2. The van der Waals surface area contributed by atoms with Crippen LogP contribution in [0.15, 0.2) is 25.0 Å². The van der Waals surface area contributed by atoms with Crippen LogP contribution in [-0.2, 0) is 9.53 Å². The van der Waals surface area contributed by atoms with Crippen molar-refractivity contribution < 1.29 is 9.53 Å². The van der Waals surface area contributed by atoms with Crippen molar-refractivity contribution >= 4 is 5.97 Å².